The van der Waals surface area contributed by atoms with Crippen LogP contribution in [0.1, 0.15) is 36.1 Å². The molecule has 0 amide bonds. The van der Waals surface area contributed by atoms with Gasteiger partial charge in [-0.25, -0.2) is 0 Å². The Balaban J connectivity index is 2.49. The van der Waals surface area contributed by atoms with E-state index in [0.29, 0.717) is 11.4 Å². The normalized spacial score (nSPS) is 12.4. The third-order valence-electron chi connectivity index (χ3n) is 2.40. The molecule has 0 saturated carbocycles. The Bertz CT molecular complexity index is 546. The summed E-state index contributed by atoms with van der Waals surface area (Å²) >= 11 is 0. The molecule has 1 aromatic carbocycles. The molecule has 17 heavy (non-hydrogen) atoms. The molecule has 1 atom stereocenters. The van der Waals surface area contributed by atoms with Crippen molar-refractivity contribution in [1.82, 2.24) is 20.2 Å². The zero-order valence-electron chi connectivity index (χ0n) is 9.66. The number of tetrazole rings is 1. The highest BCUT2D eigenvalue weighted by Crippen LogP contribution is 2.14. The van der Waals surface area contributed by atoms with E-state index in [2.05, 4.69) is 15.5 Å². The van der Waals surface area contributed by atoms with Gasteiger partial charge in [-0.3, -0.25) is 4.79 Å². The molecule has 0 aliphatic heterocycles. The quantitative estimate of drug-likeness (QED) is 0.792. The average molecular weight is 231 g/mol. The lowest BCUT2D eigenvalue weighted by molar-refractivity contribution is 0.101. The van der Waals surface area contributed by atoms with Crippen LogP contribution < -0.4 is 5.73 Å². The summed E-state index contributed by atoms with van der Waals surface area (Å²) < 4.78 is 1.54. The van der Waals surface area contributed by atoms with Gasteiger partial charge < -0.3 is 5.73 Å². The first kappa shape index (κ1) is 11.4. The van der Waals surface area contributed by atoms with Gasteiger partial charge in [0.05, 0.1) is 11.7 Å². The van der Waals surface area contributed by atoms with Crippen LogP contribution in [0.15, 0.2) is 24.3 Å². The maximum Gasteiger partial charge on any atom is 0.173 e. The molecule has 0 aliphatic carbocycles. The predicted octanol–water partition coefficient (Wildman–Crippen LogP) is 0.885. The summed E-state index contributed by atoms with van der Waals surface area (Å²) in [5.41, 5.74) is 7.11. The number of Topliss-reactive ketones (excluding diaryl/α,β-unsaturated/α-hetero) is 1. The molecule has 2 rings (SSSR count). The Labute approximate surface area is 98.4 Å². The largest absolute Gasteiger partial charge is 0.321 e. The summed E-state index contributed by atoms with van der Waals surface area (Å²) in [6.45, 7) is 3.32. The molecule has 2 aromatic rings. The second kappa shape index (κ2) is 4.42. The summed E-state index contributed by atoms with van der Waals surface area (Å²) in [6, 6.07) is 6.84. The van der Waals surface area contributed by atoms with Crippen molar-refractivity contribution in [3.63, 3.8) is 0 Å². The monoisotopic (exact) mass is 231 g/mol. The first-order valence-electron chi connectivity index (χ1n) is 5.25. The fraction of sp³-hybridized carbons (Fsp3) is 0.273. The van der Waals surface area contributed by atoms with Crippen molar-refractivity contribution in [3.8, 4) is 5.69 Å². The van der Waals surface area contributed by atoms with Crippen LogP contribution in [-0.2, 0) is 0 Å². The average Bonchev–Trinajstić information content (AvgIpc) is 2.78. The predicted molar refractivity (Wildman–Crippen MR) is 61.8 cm³/mol. The summed E-state index contributed by atoms with van der Waals surface area (Å²) in [5, 5.41) is 11.3. The number of rotatable bonds is 3. The lowest BCUT2D eigenvalue weighted by Crippen LogP contribution is -2.13. The summed E-state index contributed by atoms with van der Waals surface area (Å²) in [5.74, 6) is 0.563. The van der Waals surface area contributed by atoms with Gasteiger partial charge in [0, 0.05) is 5.56 Å². The van der Waals surface area contributed by atoms with E-state index in [0.717, 1.165) is 5.69 Å². The van der Waals surface area contributed by atoms with E-state index in [1.807, 2.05) is 6.07 Å². The number of carbonyl (C=O) groups is 1. The lowest BCUT2D eigenvalue weighted by Gasteiger charge is -2.07. The van der Waals surface area contributed by atoms with E-state index in [-0.39, 0.29) is 11.8 Å². The van der Waals surface area contributed by atoms with Crippen LogP contribution in [0.25, 0.3) is 5.69 Å². The van der Waals surface area contributed by atoms with Crippen molar-refractivity contribution in [2.75, 3.05) is 0 Å². The number of benzene rings is 1. The molecular weight excluding hydrogens is 218 g/mol. The smallest absolute Gasteiger partial charge is 0.173 e. The Morgan fingerprint density at radius 1 is 1.47 bits per heavy atom. The highest BCUT2D eigenvalue weighted by molar-refractivity contribution is 5.94. The molecule has 0 radical (unpaired) electrons. The maximum atomic E-state index is 11.3. The van der Waals surface area contributed by atoms with Gasteiger partial charge in [-0.15, -0.1) is 5.10 Å². The minimum absolute atomic E-state index is 0.00210. The van der Waals surface area contributed by atoms with Gasteiger partial charge in [0.25, 0.3) is 0 Å². The number of nitrogens with zero attached hydrogens (tertiary/aromatic N) is 4. The number of aromatic nitrogens is 4. The summed E-state index contributed by atoms with van der Waals surface area (Å²) in [4.78, 5) is 11.3. The lowest BCUT2D eigenvalue weighted by atomic mass is 10.1. The molecule has 0 saturated heterocycles. The minimum atomic E-state index is -0.272. The summed E-state index contributed by atoms with van der Waals surface area (Å²) in [6.07, 6.45) is 0. The third kappa shape index (κ3) is 2.21. The molecule has 1 aromatic heterocycles. The zero-order chi connectivity index (χ0) is 12.4. The molecule has 1 heterocycles. The number of hydrogen-bond acceptors (Lipinski definition) is 5. The third-order valence-corrected chi connectivity index (χ3v) is 2.40. The number of nitrogens with two attached hydrogens (primary N) is 1. The number of ketones is 1. The first-order chi connectivity index (χ1) is 8.09. The molecule has 6 heteroatoms. The van der Waals surface area contributed by atoms with Crippen LogP contribution in [0.4, 0.5) is 0 Å². The van der Waals surface area contributed by atoms with Gasteiger partial charge in [-0.2, -0.15) is 4.68 Å². The fourth-order valence-corrected chi connectivity index (χ4v) is 1.52. The SMILES string of the molecule is CC(=O)c1cccc(-n2nnnc2C(C)N)c1. The van der Waals surface area contributed by atoms with Crippen molar-refractivity contribution in [2.45, 2.75) is 19.9 Å². The van der Waals surface area contributed by atoms with Crippen molar-refractivity contribution in [1.29, 1.82) is 0 Å². The highest BCUT2D eigenvalue weighted by Gasteiger charge is 2.12. The van der Waals surface area contributed by atoms with Gasteiger partial charge in [0.15, 0.2) is 11.6 Å². The molecule has 2 N–H and O–H groups in total. The first-order valence-corrected chi connectivity index (χ1v) is 5.25. The molecule has 0 fully saturated rings. The molecule has 0 bridgehead atoms. The molecule has 1 unspecified atom stereocenters. The van der Waals surface area contributed by atoms with E-state index in [4.69, 9.17) is 5.73 Å². The van der Waals surface area contributed by atoms with Gasteiger partial charge in [0.2, 0.25) is 0 Å². The fourth-order valence-electron chi connectivity index (χ4n) is 1.52. The van der Waals surface area contributed by atoms with Crippen LogP contribution in [0, 0.1) is 0 Å². The second-order valence-electron chi connectivity index (χ2n) is 3.84. The van der Waals surface area contributed by atoms with Gasteiger partial charge in [-0.05, 0) is 36.4 Å². The number of carbonyl (C=O) groups excluding carboxylic acids is 1. The van der Waals surface area contributed by atoms with Crippen LogP contribution in [-0.4, -0.2) is 26.0 Å². The van der Waals surface area contributed by atoms with Crippen molar-refractivity contribution in [2.24, 2.45) is 5.73 Å². The maximum absolute atomic E-state index is 11.3. The molecule has 0 aliphatic rings. The van der Waals surface area contributed by atoms with Crippen molar-refractivity contribution < 1.29 is 4.79 Å². The van der Waals surface area contributed by atoms with Crippen molar-refractivity contribution >= 4 is 5.78 Å². The molecule has 88 valence electrons. The van der Waals surface area contributed by atoms with E-state index < -0.39 is 0 Å². The van der Waals surface area contributed by atoms with Crippen LogP contribution >= 0.6 is 0 Å². The Morgan fingerprint density at radius 3 is 2.88 bits per heavy atom. The van der Waals surface area contributed by atoms with Gasteiger partial charge in [0.1, 0.15) is 0 Å². The molecule has 6 nitrogen and oxygen atoms in total. The minimum Gasteiger partial charge on any atom is -0.321 e. The van der Waals surface area contributed by atoms with Crippen LogP contribution in [0.5, 0.6) is 0 Å². The van der Waals surface area contributed by atoms with E-state index in [1.54, 1.807) is 25.1 Å². The Kier molecular flexibility index (Phi) is 2.97. The van der Waals surface area contributed by atoms with Gasteiger partial charge in [-0.1, -0.05) is 12.1 Å². The number of hydrogen-bond donors (Lipinski definition) is 1. The van der Waals surface area contributed by atoms with E-state index in [9.17, 15) is 4.79 Å². The Morgan fingerprint density at radius 2 is 2.24 bits per heavy atom. The van der Waals surface area contributed by atoms with Crippen molar-refractivity contribution in [3.05, 3.63) is 35.7 Å². The van der Waals surface area contributed by atoms with Crippen LogP contribution in [0.2, 0.25) is 0 Å². The highest BCUT2D eigenvalue weighted by atomic mass is 16.1. The topological polar surface area (TPSA) is 86.7 Å². The summed E-state index contributed by atoms with van der Waals surface area (Å²) in [7, 11) is 0. The second-order valence-corrected chi connectivity index (χ2v) is 3.84. The molecular formula is C11H13N5O. The van der Waals surface area contributed by atoms with Crippen LogP contribution in [0.3, 0.4) is 0 Å². The Hall–Kier alpha value is -2.08. The van der Waals surface area contributed by atoms with E-state index >= 15 is 0 Å². The van der Waals surface area contributed by atoms with E-state index in [1.165, 1.54) is 11.6 Å². The standard InChI is InChI=1S/C11H13N5O/c1-7(12)11-13-14-15-16(11)10-5-3-4-9(6-10)8(2)17/h3-7H,12H2,1-2H3. The molecule has 0 spiro atoms. The zero-order valence-corrected chi connectivity index (χ0v) is 9.66. The van der Waals surface area contributed by atoms with Gasteiger partial charge >= 0.3 is 0 Å².